The van der Waals surface area contributed by atoms with Crippen LogP contribution in [0.1, 0.15) is 13.8 Å². The molecule has 1 aliphatic rings. The van der Waals surface area contributed by atoms with Crippen molar-refractivity contribution in [1.82, 2.24) is 5.32 Å². The zero-order valence-electron chi connectivity index (χ0n) is 4.73. The van der Waals surface area contributed by atoms with E-state index in [0.29, 0.717) is 0 Å². The Labute approximate surface area is 43.6 Å². The highest BCUT2D eigenvalue weighted by molar-refractivity contribution is 5.70. The van der Waals surface area contributed by atoms with Gasteiger partial charge in [-0.15, -0.1) is 0 Å². The van der Waals surface area contributed by atoms with Gasteiger partial charge in [0.15, 0.2) is 0 Å². The van der Waals surface area contributed by atoms with E-state index < -0.39 is 0 Å². The quantitative estimate of drug-likeness (QED) is 0.466. The Bertz CT molecular complexity index is 94.3. The van der Waals surface area contributed by atoms with Crippen molar-refractivity contribution in [2.75, 3.05) is 6.67 Å². The largest absolute Gasteiger partial charge is 0.288 e. The first-order valence-electron chi connectivity index (χ1n) is 2.47. The van der Waals surface area contributed by atoms with Gasteiger partial charge in [0.2, 0.25) is 0 Å². The summed E-state index contributed by atoms with van der Waals surface area (Å²) in [6.07, 6.45) is 1.94. The van der Waals surface area contributed by atoms with Crippen LogP contribution in [0.4, 0.5) is 0 Å². The van der Waals surface area contributed by atoms with Crippen LogP contribution < -0.4 is 5.32 Å². The first kappa shape index (κ1) is 4.78. The molecular formula is C5H10N2. The summed E-state index contributed by atoms with van der Waals surface area (Å²) in [5, 5.41) is 3.17. The molecular weight excluding hydrogens is 88.1 g/mol. The maximum atomic E-state index is 4.00. The van der Waals surface area contributed by atoms with E-state index >= 15 is 0 Å². The maximum Gasteiger partial charge on any atom is 0.0888 e. The zero-order valence-corrected chi connectivity index (χ0v) is 4.73. The summed E-state index contributed by atoms with van der Waals surface area (Å²) in [6.45, 7) is 4.99. The number of aliphatic imine (C=N–C) groups is 1. The van der Waals surface area contributed by atoms with Crippen molar-refractivity contribution in [3.63, 3.8) is 0 Å². The Kier molecular flexibility index (Phi) is 0.889. The van der Waals surface area contributed by atoms with Crippen molar-refractivity contribution in [3.05, 3.63) is 0 Å². The molecule has 2 heteroatoms. The Morgan fingerprint density at radius 3 is 2.57 bits per heavy atom. The summed E-state index contributed by atoms with van der Waals surface area (Å²) in [7, 11) is 0. The molecule has 0 aromatic heterocycles. The molecule has 0 saturated carbocycles. The standard InChI is InChI=1S/C5H10N2/c1-5(2)3-6-4-7-5/h3,7H,4H2,1-2H3. The molecule has 0 fully saturated rings. The van der Waals surface area contributed by atoms with E-state index in [1.165, 1.54) is 0 Å². The van der Waals surface area contributed by atoms with Crippen LogP contribution in [0.3, 0.4) is 0 Å². The summed E-state index contributed by atoms with van der Waals surface area (Å²) in [5.41, 5.74) is 0.153. The van der Waals surface area contributed by atoms with Crippen LogP contribution in [-0.4, -0.2) is 18.4 Å². The van der Waals surface area contributed by atoms with E-state index in [-0.39, 0.29) is 5.54 Å². The molecule has 0 bridgehead atoms. The van der Waals surface area contributed by atoms with Gasteiger partial charge in [-0.3, -0.25) is 10.3 Å². The third kappa shape index (κ3) is 0.996. The Balaban J connectivity index is 2.57. The zero-order chi connectivity index (χ0) is 5.33. The van der Waals surface area contributed by atoms with Gasteiger partial charge >= 0.3 is 0 Å². The molecule has 1 N–H and O–H groups in total. The highest BCUT2D eigenvalue weighted by atomic mass is 15.1. The van der Waals surface area contributed by atoms with Gasteiger partial charge in [0.25, 0.3) is 0 Å². The number of hydrogen-bond acceptors (Lipinski definition) is 2. The van der Waals surface area contributed by atoms with Crippen LogP contribution in [0.25, 0.3) is 0 Å². The van der Waals surface area contributed by atoms with Crippen molar-refractivity contribution in [3.8, 4) is 0 Å². The molecule has 7 heavy (non-hydrogen) atoms. The topological polar surface area (TPSA) is 24.4 Å². The summed E-state index contributed by atoms with van der Waals surface area (Å²) in [5.74, 6) is 0. The first-order valence-corrected chi connectivity index (χ1v) is 2.47. The monoisotopic (exact) mass is 98.1 g/mol. The third-order valence-corrected chi connectivity index (χ3v) is 1.04. The molecule has 0 spiro atoms. The van der Waals surface area contributed by atoms with E-state index in [9.17, 15) is 0 Å². The lowest BCUT2D eigenvalue weighted by atomic mass is 10.1. The van der Waals surface area contributed by atoms with Gasteiger partial charge in [-0.25, -0.2) is 0 Å². The van der Waals surface area contributed by atoms with Crippen LogP contribution in [-0.2, 0) is 0 Å². The highest BCUT2D eigenvalue weighted by Gasteiger charge is 2.16. The molecule has 2 nitrogen and oxygen atoms in total. The predicted molar refractivity (Wildman–Crippen MR) is 30.6 cm³/mol. The smallest absolute Gasteiger partial charge is 0.0888 e. The van der Waals surface area contributed by atoms with Gasteiger partial charge in [-0.1, -0.05) is 0 Å². The molecule has 1 aliphatic heterocycles. The second kappa shape index (κ2) is 1.30. The average molecular weight is 98.1 g/mol. The molecule has 0 saturated heterocycles. The molecule has 0 aromatic rings. The minimum Gasteiger partial charge on any atom is -0.288 e. The Morgan fingerprint density at radius 1 is 1.71 bits per heavy atom. The molecule has 0 aromatic carbocycles. The second-order valence-electron chi connectivity index (χ2n) is 2.37. The summed E-state index contributed by atoms with van der Waals surface area (Å²) in [6, 6.07) is 0. The van der Waals surface area contributed by atoms with E-state index in [1.807, 2.05) is 6.21 Å². The number of rotatable bonds is 0. The van der Waals surface area contributed by atoms with E-state index in [2.05, 4.69) is 24.2 Å². The Hall–Kier alpha value is -0.370. The van der Waals surface area contributed by atoms with Crippen LogP contribution >= 0.6 is 0 Å². The number of nitrogens with zero attached hydrogens (tertiary/aromatic N) is 1. The van der Waals surface area contributed by atoms with Gasteiger partial charge in [0.1, 0.15) is 0 Å². The SMILES string of the molecule is CC1(C)C=NCN1. The van der Waals surface area contributed by atoms with E-state index in [0.717, 1.165) is 6.67 Å². The fourth-order valence-corrected chi connectivity index (χ4v) is 0.569. The maximum absolute atomic E-state index is 4.00. The highest BCUT2D eigenvalue weighted by Crippen LogP contribution is 2.00. The average Bonchev–Trinajstić information content (AvgIpc) is 1.84. The van der Waals surface area contributed by atoms with Crippen LogP contribution in [0.5, 0.6) is 0 Å². The van der Waals surface area contributed by atoms with Crippen molar-refractivity contribution >= 4 is 6.21 Å². The van der Waals surface area contributed by atoms with Gasteiger partial charge in [-0.2, -0.15) is 0 Å². The van der Waals surface area contributed by atoms with Gasteiger partial charge in [-0.05, 0) is 13.8 Å². The fraction of sp³-hybridized carbons (Fsp3) is 0.800. The molecule has 0 unspecified atom stereocenters. The lowest BCUT2D eigenvalue weighted by Crippen LogP contribution is -2.35. The first-order chi connectivity index (χ1) is 3.21. The minimum atomic E-state index is 0.153. The molecule has 0 aliphatic carbocycles. The number of hydrogen-bond donors (Lipinski definition) is 1. The van der Waals surface area contributed by atoms with E-state index in [4.69, 9.17) is 0 Å². The van der Waals surface area contributed by atoms with Crippen molar-refractivity contribution < 1.29 is 0 Å². The summed E-state index contributed by atoms with van der Waals surface area (Å²) in [4.78, 5) is 4.00. The normalized spacial score (nSPS) is 26.0. The molecule has 0 atom stereocenters. The van der Waals surface area contributed by atoms with Gasteiger partial charge < -0.3 is 0 Å². The predicted octanol–water partition coefficient (Wildman–Crippen LogP) is 0.397. The van der Waals surface area contributed by atoms with E-state index in [1.54, 1.807) is 0 Å². The van der Waals surface area contributed by atoms with Crippen LogP contribution in [0.15, 0.2) is 4.99 Å². The van der Waals surface area contributed by atoms with Crippen molar-refractivity contribution in [2.45, 2.75) is 19.4 Å². The van der Waals surface area contributed by atoms with Gasteiger partial charge in [0, 0.05) is 11.8 Å². The van der Waals surface area contributed by atoms with Crippen molar-refractivity contribution in [2.24, 2.45) is 4.99 Å². The van der Waals surface area contributed by atoms with Crippen molar-refractivity contribution in [1.29, 1.82) is 0 Å². The van der Waals surface area contributed by atoms with Gasteiger partial charge in [0.05, 0.1) is 6.67 Å². The molecule has 0 radical (unpaired) electrons. The second-order valence-corrected chi connectivity index (χ2v) is 2.37. The molecule has 40 valence electrons. The molecule has 1 heterocycles. The summed E-state index contributed by atoms with van der Waals surface area (Å²) >= 11 is 0. The van der Waals surface area contributed by atoms with Crippen LogP contribution in [0.2, 0.25) is 0 Å². The summed E-state index contributed by atoms with van der Waals surface area (Å²) < 4.78 is 0. The lowest BCUT2D eigenvalue weighted by molar-refractivity contribution is 0.562. The minimum absolute atomic E-state index is 0.153. The van der Waals surface area contributed by atoms with Crippen LogP contribution in [0, 0.1) is 0 Å². The lowest BCUT2D eigenvalue weighted by Gasteiger charge is -2.11. The number of nitrogens with one attached hydrogen (secondary N) is 1. The fourth-order valence-electron chi connectivity index (χ4n) is 0.569. The Morgan fingerprint density at radius 2 is 2.43 bits per heavy atom. The third-order valence-electron chi connectivity index (χ3n) is 1.04. The molecule has 0 amide bonds. The molecule has 1 rings (SSSR count).